The molecule has 2 heterocycles. The topological polar surface area (TPSA) is 50.1 Å². The van der Waals surface area contributed by atoms with Gasteiger partial charge in [-0.15, -0.1) is 0 Å². The highest BCUT2D eigenvalue weighted by molar-refractivity contribution is 5.85. The van der Waals surface area contributed by atoms with E-state index in [9.17, 15) is 0 Å². The van der Waals surface area contributed by atoms with E-state index in [0.717, 1.165) is 39.0 Å². The second-order valence-corrected chi connectivity index (χ2v) is 11.5. The van der Waals surface area contributed by atoms with Crippen LogP contribution >= 0.6 is 0 Å². The second kappa shape index (κ2) is 13.6. The molecule has 0 amide bonds. The zero-order valence-corrected chi connectivity index (χ0v) is 25.3. The summed E-state index contributed by atoms with van der Waals surface area (Å²) in [6.07, 6.45) is -1.61. The maximum absolute atomic E-state index is 6.72. The highest BCUT2D eigenvalue weighted by Crippen LogP contribution is 2.44. The molecule has 0 spiro atoms. The van der Waals surface area contributed by atoms with E-state index in [1.54, 1.807) is 0 Å². The van der Waals surface area contributed by atoms with Crippen molar-refractivity contribution in [3.05, 3.63) is 167 Å². The van der Waals surface area contributed by atoms with Crippen LogP contribution in [-0.4, -0.2) is 12.7 Å². The molecule has 0 N–H and O–H groups in total. The largest absolute Gasteiger partial charge is 0.458 e. The molecule has 6 aromatic rings. The van der Waals surface area contributed by atoms with Crippen molar-refractivity contribution in [3.8, 4) is 11.3 Å². The molecule has 0 unspecified atom stereocenters. The van der Waals surface area contributed by atoms with Gasteiger partial charge in [-0.05, 0) is 40.5 Å². The van der Waals surface area contributed by atoms with Crippen LogP contribution in [0, 0.1) is 6.92 Å². The zero-order valence-electron chi connectivity index (χ0n) is 25.3. The Bertz CT molecular complexity index is 1820. The number of benzene rings is 5. The minimum Gasteiger partial charge on any atom is -0.458 e. The number of fused-ring (bicyclic) bond motifs is 2. The van der Waals surface area contributed by atoms with Gasteiger partial charge in [0.05, 0.1) is 32.0 Å². The van der Waals surface area contributed by atoms with Gasteiger partial charge in [0, 0.05) is 5.56 Å². The van der Waals surface area contributed by atoms with Crippen LogP contribution in [0.3, 0.4) is 0 Å². The minimum absolute atomic E-state index is 0.308. The number of ether oxygens (including phenoxy) is 4. The van der Waals surface area contributed by atoms with Crippen molar-refractivity contribution in [2.45, 2.75) is 45.2 Å². The predicted molar refractivity (Wildman–Crippen MR) is 175 cm³/mol. The van der Waals surface area contributed by atoms with Crippen LogP contribution in [0.5, 0.6) is 0 Å². The molecular weight excluding hydrogens is 560 g/mol. The molecule has 0 bridgehead atoms. The summed E-state index contributed by atoms with van der Waals surface area (Å²) in [5, 5.41) is 2.34. The highest BCUT2D eigenvalue weighted by atomic mass is 16.7. The molecule has 0 saturated carbocycles. The van der Waals surface area contributed by atoms with E-state index < -0.39 is 18.5 Å². The number of furan rings is 1. The van der Waals surface area contributed by atoms with Crippen molar-refractivity contribution in [1.82, 2.24) is 0 Å². The number of hydrogen-bond acceptors (Lipinski definition) is 5. The van der Waals surface area contributed by atoms with Crippen molar-refractivity contribution < 1.29 is 23.4 Å². The summed E-state index contributed by atoms with van der Waals surface area (Å²) in [6, 6.07) is 45.3. The average Bonchev–Trinajstić information content (AvgIpc) is 3.54. The van der Waals surface area contributed by atoms with Gasteiger partial charge in [-0.2, -0.15) is 0 Å². The molecular formula is C40H36O5. The van der Waals surface area contributed by atoms with E-state index in [1.807, 2.05) is 42.5 Å². The lowest BCUT2D eigenvalue weighted by atomic mass is 10.0. The smallest absolute Gasteiger partial charge is 0.188 e. The molecule has 0 saturated heterocycles. The molecule has 5 heteroatoms. The fourth-order valence-electron chi connectivity index (χ4n) is 5.81. The Balaban J connectivity index is 1.21. The van der Waals surface area contributed by atoms with E-state index in [-0.39, 0.29) is 0 Å². The summed E-state index contributed by atoms with van der Waals surface area (Å²) in [7, 11) is 0. The lowest BCUT2D eigenvalue weighted by Gasteiger charge is -2.35. The molecule has 0 radical (unpaired) electrons. The zero-order chi connectivity index (χ0) is 30.4. The van der Waals surface area contributed by atoms with Gasteiger partial charge in [0.25, 0.3) is 0 Å². The Labute approximate surface area is 264 Å². The third-order valence-electron chi connectivity index (χ3n) is 8.21. The predicted octanol–water partition coefficient (Wildman–Crippen LogP) is 9.50. The third-order valence-corrected chi connectivity index (χ3v) is 8.21. The molecule has 7 rings (SSSR count). The quantitative estimate of drug-likeness (QED) is 0.149. The number of rotatable bonds is 11. The molecule has 3 atom stereocenters. The first kappa shape index (κ1) is 29.2. The fraction of sp³-hybridized carbons (Fsp3) is 0.200. The lowest BCUT2D eigenvalue weighted by Crippen LogP contribution is -2.36. The van der Waals surface area contributed by atoms with Crippen molar-refractivity contribution >= 4 is 10.8 Å². The van der Waals surface area contributed by atoms with Gasteiger partial charge in [0.1, 0.15) is 23.7 Å². The normalized spacial score (nSPS) is 17.8. The van der Waals surface area contributed by atoms with Gasteiger partial charge in [0.2, 0.25) is 0 Å². The molecule has 45 heavy (non-hydrogen) atoms. The van der Waals surface area contributed by atoms with Crippen molar-refractivity contribution in [2.24, 2.45) is 0 Å². The van der Waals surface area contributed by atoms with E-state index in [0.29, 0.717) is 32.2 Å². The standard InChI is InChI=1S/C40H36O5/c1-28-19-21-32(22-20-28)36-23-35-38(44-36)39(42-25-30-13-6-3-7-14-30)37(27-41-24-29-11-4-2-5-12-29)45-40(35)43-26-33-17-10-16-31-15-8-9-18-34(31)33/h2-23,37,39-40H,24-27H2,1H3/t37-,39-,40+/m1/s1. The summed E-state index contributed by atoms with van der Waals surface area (Å²) in [5.74, 6) is 1.46. The maximum atomic E-state index is 6.72. The van der Waals surface area contributed by atoms with Gasteiger partial charge in [-0.25, -0.2) is 0 Å². The monoisotopic (exact) mass is 596 g/mol. The molecule has 5 aromatic carbocycles. The van der Waals surface area contributed by atoms with E-state index in [1.165, 1.54) is 10.9 Å². The van der Waals surface area contributed by atoms with E-state index in [2.05, 4.69) is 97.9 Å². The summed E-state index contributed by atoms with van der Waals surface area (Å²) in [5.41, 5.74) is 6.28. The molecule has 1 aliphatic heterocycles. The Kier molecular flexibility index (Phi) is 8.85. The van der Waals surface area contributed by atoms with Crippen LogP contribution in [-0.2, 0) is 38.8 Å². The Morgan fingerprint density at radius 2 is 1.33 bits per heavy atom. The van der Waals surface area contributed by atoms with Crippen LogP contribution in [0.1, 0.15) is 46.0 Å². The number of aryl methyl sites for hydroxylation is 1. The van der Waals surface area contributed by atoms with E-state index >= 15 is 0 Å². The number of hydrogen-bond donors (Lipinski definition) is 0. The van der Waals surface area contributed by atoms with Gasteiger partial charge in [-0.1, -0.05) is 133 Å². The van der Waals surface area contributed by atoms with Crippen LogP contribution in [0.15, 0.2) is 138 Å². The SMILES string of the molecule is Cc1ccc(-c2cc3c(o2)[C@H](OCc2ccccc2)[C@@H](COCc2ccccc2)O[C@@H]3OCc2cccc3ccccc23)cc1. The first-order chi connectivity index (χ1) is 22.2. The van der Waals surface area contributed by atoms with Crippen molar-refractivity contribution in [1.29, 1.82) is 0 Å². The maximum Gasteiger partial charge on any atom is 0.188 e. The Hall–Kier alpha value is -4.52. The Morgan fingerprint density at radius 1 is 0.644 bits per heavy atom. The van der Waals surface area contributed by atoms with Crippen LogP contribution < -0.4 is 0 Å². The van der Waals surface area contributed by atoms with E-state index in [4.69, 9.17) is 23.4 Å². The van der Waals surface area contributed by atoms with Crippen LogP contribution in [0.25, 0.3) is 22.1 Å². The molecule has 226 valence electrons. The highest BCUT2D eigenvalue weighted by Gasteiger charge is 2.41. The second-order valence-electron chi connectivity index (χ2n) is 11.5. The van der Waals surface area contributed by atoms with Crippen LogP contribution in [0.2, 0.25) is 0 Å². The molecule has 0 fully saturated rings. The van der Waals surface area contributed by atoms with Gasteiger partial charge >= 0.3 is 0 Å². The lowest BCUT2D eigenvalue weighted by molar-refractivity contribution is -0.239. The minimum atomic E-state index is -0.663. The van der Waals surface area contributed by atoms with Gasteiger partial charge in [-0.3, -0.25) is 0 Å². The first-order valence-electron chi connectivity index (χ1n) is 15.4. The molecule has 1 aliphatic rings. The first-order valence-corrected chi connectivity index (χ1v) is 15.4. The summed E-state index contributed by atoms with van der Waals surface area (Å²) in [4.78, 5) is 0. The van der Waals surface area contributed by atoms with Gasteiger partial charge < -0.3 is 23.4 Å². The molecule has 0 aliphatic carbocycles. The molecule has 5 nitrogen and oxygen atoms in total. The molecule has 1 aromatic heterocycles. The van der Waals surface area contributed by atoms with Crippen molar-refractivity contribution in [3.63, 3.8) is 0 Å². The fourth-order valence-corrected chi connectivity index (χ4v) is 5.81. The third kappa shape index (κ3) is 6.77. The summed E-state index contributed by atoms with van der Waals surface area (Å²) < 4.78 is 32.8. The average molecular weight is 597 g/mol. The van der Waals surface area contributed by atoms with Gasteiger partial charge in [0.15, 0.2) is 6.29 Å². The van der Waals surface area contributed by atoms with Crippen LogP contribution in [0.4, 0.5) is 0 Å². The Morgan fingerprint density at radius 3 is 2.11 bits per heavy atom. The summed E-state index contributed by atoms with van der Waals surface area (Å²) >= 11 is 0. The van der Waals surface area contributed by atoms with Crippen molar-refractivity contribution in [2.75, 3.05) is 6.61 Å². The summed E-state index contributed by atoms with van der Waals surface area (Å²) in [6.45, 7) is 3.64.